The topological polar surface area (TPSA) is 71.0 Å². The second-order valence-electron chi connectivity index (χ2n) is 5.60. The molecule has 0 fully saturated rings. The van der Waals surface area contributed by atoms with Gasteiger partial charge in [-0.3, -0.25) is 0 Å². The molecular formula is C18H14F3N3O. The maximum atomic E-state index is 13.0. The number of aromatic hydroxyl groups is 1. The molecular weight excluding hydrogens is 331 g/mol. The number of aryl methyl sites for hydroxylation is 1. The Morgan fingerprint density at radius 1 is 1.00 bits per heavy atom. The van der Waals surface area contributed by atoms with Crippen molar-refractivity contribution in [3.63, 3.8) is 0 Å². The molecule has 0 aromatic heterocycles. The van der Waals surface area contributed by atoms with Gasteiger partial charge in [0.25, 0.3) is 0 Å². The Labute approximate surface area is 141 Å². The number of rotatable bonds is 2. The van der Waals surface area contributed by atoms with Crippen LogP contribution in [0.15, 0.2) is 58.8 Å². The number of azo groups is 1. The average Bonchev–Trinajstić information content (AvgIpc) is 2.53. The van der Waals surface area contributed by atoms with E-state index in [4.69, 9.17) is 5.73 Å². The number of hydrogen-bond acceptors (Lipinski definition) is 4. The molecule has 0 heterocycles. The van der Waals surface area contributed by atoms with E-state index < -0.39 is 11.7 Å². The van der Waals surface area contributed by atoms with Crippen LogP contribution in [0.3, 0.4) is 0 Å². The molecule has 3 aromatic rings. The first-order chi connectivity index (χ1) is 11.8. The van der Waals surface area contributed by atoms with Gasteiger partial charge in [0.15, 0.2) is 0 Å². The summed E-state index contributed by atoms with van der Waals surface area (Å²) in [5, 5.41) is 18.9. The van der Waals surface area contributed by atoms with Crippen molar-refractivity contribution >= 4 is 27.8 Å². The van der Waals surface area contributed by atoms with Crippen LogP contribution in [-0.2, 0) is 6.18 Å². The summed E-state index contributed by atoms with van der Waals surface area (Å²) >= 11 is 0. The molecule has 0 unspecified atom stereocenters. The summed E-state index contributed by atoms with van der Waals surface area (Å²) in [5.74, 6) is -0.0552. The highest BCUT2D eigenvalue weighted by atomic mass is 19.4. The lowest BCUT2D eigenvalue weighted by molar-refractivity contribution is -0.137. The van der Waals surface area contributed by atoms with Gasteiger partial charge in [0, 0.05) is 0 Å². The highest BCUT2D eigenvalue weighted by Gasteiger charge is 2.33. The van der Waals surface area contributed by atoms with Gasteiger partial charge in [-0.1, -0.05) is 24.3 Å². The zero-order chi connectivity index (χ0) is 18.2. The third kappa shape index (κ3) is 3.26. The van der Waals surface area contributed by atoms with Crippen LogP contribution in [0.2, 0.25) is 0 Å². The highest BCUT2D eigenvalue weighted by Crippen LogP contribution is 2.41. The summed E-state index contributed by atoms with van der Waals surface area (Å²) in [5.41, 5.74) is 5.86. The van der Waals surface area contributed by atoms with Crippen molar-refractivity contribution in [2.75, 3.05) is 5.73 Å². The van der Waals surface area contributed by atoms with Crippen molar-refractivity contribution < 1.29 is 18.3 Å². The van der Waals surface area contributed by atoms with Crippen LogP contribution >= 0.6 is 0 Å². The van der Waals surface area contributed by atoms with Gasteiger partial charge in [0.1, 0.15) is 11.4 Å². The minimum absolute atomic E-state index is 0.0552. The quantitative estimate of drug-likeness (QED) is 0.450. The minimum atomic E-state index is -4.54. The van der Waals surface area contributed by atoms with Crippen molar-refractivity contribution in [2.45, 2.75) is 13.1 Å². The van der Waals surface area contributed by atoms with E-state index in [1.54, 1.807) is 12.1 Å². The van der Waals surface area contributed by atoms with Gasteiger partial charge >= 0.3 is 6.18 Å². The lowest BCUT2D eigenvalue weighted by Gasteiger charge is -2.10. The lowest BCUT2D eigenvalue weighted by atomic mass is 10.0. The van der Waals surface area contributed by atoms with E-state index in [9.17, 15) is 18.3 Å². The van der Waals surface area contributed by atoms with Crippen LogP contribution < -0.4 is 5.73 Å². The summed E-state index contributed by atoms with van der Waals surface area (Å²) in [6, 6.07) is 11.5. The molecule has 0 amide bonds. The van der Waals surface area contributed by atoms with Gasteiger partial charge in [0.2, 0.25) is 0 Å². The van der Waals surface area contributed by atoms with Crippen LogP contribution in [0, 0.1) is 6.92 Å². The molecule has 4 nitrogen and oxygen atoms in total. The smallest absolute Gasteiger partial charge is 0.418 e. The Kier molecular flexibility index (Phi) is 4.08. The average molecular weight is 345 g/mol. The largest absolute Gasteiger partial charge is 0.507 e. The summed E-state index contributed by atoms with van der Waals surface area (Å²) < 4.78 is 39.1. The van der Waals surface area contributed by atoms with Crippen molar-refractivity contribution in [1.82, 2.24) is 0 Å². The summed E-state index contributed by atoms with van der Waals surface area (Å²) in [4.78, 5) is 0. The van der Waals surface area contributed by atoms with Crippen molar-refractivity contribution in [2.24, 2.45) is 10.2 Å². The lowest BCUT2D eigenvalue weighted by Crippen LogP contribution is -2.04. The third-order valence-corrected chi connectivity index (χ3v) is 3.71. The SMILES string of the molecule is Cc1cc(O)c2c(/N=N/c3ccccc3C(F)(F)F)c(N)ccc2c1. The van der Waals surface area contributed by atoms with E-state index in [1.165, 1.54) is 24.3 Å². The molecule has 128 valence electrons. The molecule has 0 radical (unpaired) electrons. The Morgan fingerprint density at radius 3 is 2.44 bits per heavy atom. The number of fused-ring (bicyclic) bond motifs is 1. The second-order valence-corrected chi connectivity index (χ2v) is 5.60. The zero-order valence-electron chi connectivity index (χ0n) is 13.2. The van der Waals surface area contributed by atoms with Gasteiger partial charge in [-0.15, -0.1) is 10.2 Å². The second kappa shape index (κ2) is 6.08. The molecule has 0 aliphatic rings. The number of phenolic OH excluding ortho intramolecular Hbond substituents is 1. The fraction of sp³-hybridized carbons (Fsp3) is 0.111. The van der Waals surface area contributed by atoms with E-state index in [1.807, 2.05) is 13.0 Å². The van der Waals surface area contributed by atoms with E-state index in [0.29, 0.717) is 10.8 Å². The fourth-order valence-electron chi connectivity index (χ4n) is 2.60. The van der Waals surface area contributed by atoms with Gasteiger partial charge in [-0.2, -0.15) is 13.2 Å². The number of hydrogen-bond donors (Lipinski definition) is 2. The number of alkyl halides is 3. The van der Waals surface area contributed by atoms with E-state index in [2.05, 4.69) is 10.2 Å². The molecule has 0 spiro atoms. The van der Waals surface area contributed by atoms with Gasteiger partial charge in [-0.05, 0) is 42.1 Å². The molecule has 0 atom stereocenters. The van der Waals surface area contributed by atoms with Gasteiger partial charge < -0.3 is 10.8 Å². The van der Waals surface area contributed by atoms with Gasteiger partial charge in [-0.25, -0.2) is 0 Å². The molecule has 0 aliphatic heterocycles. The summed E-state index contributed by atoms with van der Waals surface area (Å²) in [6.45, 7) is 1.82. The third-order valence-electron chi connectivity index (χ3n) is 3.71. The first-order valence-corrected chi connectivity index (χ1v) is 7.37. The summed E-state index contributed by atoms with van der Waals surface area (Å²) in [7, 11) is 0. The molecule has 3 aromatic carbocycles. The van der Waals surface area contributed by atoms with Crippen LogP contribution in [0.4, 0.5) is 30.2 Å². The number of nitrogen functional groups attached to an aromatic ring is 1. The molecule has 0 aliphatic carbocycles. The Morgan fingerprint density at radius 2 is 1.72 bits per heavy atom. The number of nitrogens with two attached hydrogens (primary N) is 1. The van der Waals surface area contributed by atoms with E-state index in [0.717, 1.165) is 11.6 Å². The summed E-state index contributed by atoms with van der Waals surface area (Å²) in [6.07, 6.45) is -4.54. The van der Waals surface area contributed by atoms with Gasteiger partial charge in [0.05, 0.1) is 22.3 Å². The predicted molar refractivity (Wildman–Crippen MR) is 90.4 cm³/mol. The maximum Gasteiger partial charge on any atom is 0.418 e. The molecule has 0 bridgehead atoms. The first-order valence-electron chi connectivity index (χ1n) is 7.37. The number of phenols is 1. The standard InChI is InChI=1S/C18H14F3N3O/c1-10-8-11-6-7-13(22)17(16(11)15(25)9-10)24-23-14-5-3-2-4-12(14)18(19,20)21/h2-9,25H,22H2,1H3/b24-23+. The molecule has 25 heavy (non-hydrogen) atoms. The Bertz CT molecular complexity index is 981. The van der Waals surface area contributed by atoms with E-state index in [-0.39, 0.29) is 22.8 Å². The van der Waals surface area contributed by atoms with Crippen LogP contribution in [0.5, 0.6) is 5.75 Å². The maximum absolute atomic E-state index is 13.0. The van der Waals surface area contributed by atoms with Crippen molar-refractivity contribution in [3.05, 3.63) is 59.7 Å². The fourth-order valence-corrected chi connectivity index (χ4v) is 2.60. The van der Waals surface area contributed by atoms with Crippen LogP contribution in [0.1, 0.15) is 11.1 Å². The monoisotopic (exact) mass is 345 g/mol. The minimum Gasteiger partial charge on any atom is -0.507 e. The van der Waals surface area contributed by atoms with Crippen molar-refractivity contribution in [3.8, 4) is 5.75 Å². The molecule has 0 saturated carbocycles. The number of halogens is 3. The van der Waals surface area contributed by atoms with Crippen LogP contribution in [0.25, 0.3) is 10.8 Å². The van der Waals surface area contributed by atoms with Crippen LogP contribution in [-0.4, -0.2) is 5.11 Å². The van der Waals surface area contributed by atoms with E-state index >= 15 is 0 Å². The predicted octanol–water partition coefficient (Wildman–Crippen LogP) is 5.87. The molecule has 3 N–H and O–H groups in total. The Balaban J connectivity index is 2.17. The highest BCUT2D eigenvalue weighted by molar-refractivity contribution is 6.02. The molecule has 0 saturated heterocycles. The normalized spacial score (nSPS) is 12.2. The number of nitrogens with zero attached hydrogens (tertiary/aromatic N) is 2. The molecule has 3 rings (SSSR count). The Hall–Kier alpha value is -3.09. The van der Waals surface area contributed by atoms with Crippen molar-refractivity contribution in [1.29, 1.82) is 0 Å². The zero-order valence-corrected chi connectivity index (χ0v) is 13.2. The first kappa shape index (κ1) is 16.8. The number of anilines is 1. The molecule has 7 heteroatoms. The number of benzene rings is 3.